The minimum Gasteiger partial charge on any atom is -0.393 e. The maximum Gasteiger partial charge on any atom is 0.0654 e. The molecule has 0 bridgehead atoms. The molecule has 226 valence electrons. The summed E-state index contributed by atoms with van der Waals surface area (Å²) in [6, 6.07) is 0. The molecule has 0 saturated heterocycles. The van der Waals surface area contributed by atoms with E-state index < -0.39 is 12.2 Å². The quantitative estimate of drug-likeness (QED) is 0.340. The van der Waals surface area contributed by atoms with Crippen molar-refractivity contribution < 1.29 is 15.3 Å². The lowest BCUT2D eigenvalue weighted by atomic mass is 9.40. The van der Waals surface area contributed by atoms with Crippen molar-refractivity contribution in [2.75, 3.05) is 0 Å². The fourth-order valence-electron chi connectivity index (χ4n) is 12.5. The van der Waals surface area contributed by atoms with Crippen molar-refractivity contribution in [1.82, 2.24) is 0 Å². The van der Waals surface area contributed by atoms with Crippen LogP contribution in [0.4, 0.5) is 0 Å². The van der Waals surface area contributed by atoms with E-state index in [2.05, 4.69) is 55.4 Å². The Balaban J connectivity index is 1.45. The van der Waals surface area contributed by atoms with Gasteiger partial charge in [0.2, 0.25) is 0 Å². The van der Waals surface area contributed by atoms with Crippen LogP contribution in [0.1, 0.15) is 114 Å². The summed E-state index contributed by atoms with van der Waals surface area (Å²) in [6.45, 7) is 21.1. The molecule has 0 heterocycles. The number of rotatable bonds is 4. The highest BCUT2D eigenvalue weighted by Gasteiger charge is 2.64. The van der Waals surface area contributed by atoms with E-state index >= 15 is 0 Å². The van der Waals surface area contributed by atoms with Gasteiger partial charge in [0.25, 0.3) is 0 Å². The Kier molecular flexibility index (Phi) is 8.70. The zero-order valence-electron chi connectivity index (χ0n) is 26.9. The predicted octanol–water partition coefficient (Wildman–Crippen LogP) is 7.67. The molecule has 0 aromatic rings. The summed E-state index contributed by atoms with van der Waals surface area (Å²) < 4.78 is 0. The van der Waals surface area contributed by atoms with E-state index in [-0.39, 0.29) is 29.3 Å². The first-order valence-corrected chi connectivity index (χ1v) is 17.3. The van der Waals surface area contributed by atoms with Crippen LogP contribution < -0.4 is 0 Å². The Labute approximate surface area is 241 Å². The van der Waals surface area contributed by atoms with Gasteiger partial charge in [-0.15, -0.1) is 0 Å². The van der Waals surface area contributed by atoms with Crippen LogP contribution in [-0.2, 0) is 0 Å². The summed E-state index contributed by atoms with van der Waals surface area (Å²) in [6.07, 6.45) is 9.26. The molecule has 5 rings (SSSR count). The second-order valence-electron chi connectivity index (χ2n) is 17.0. The maximum absolute atomic E-state index is 12.5. The Hall–Kier alpha value is -0.120. The molecule has 5 aliphatic carbocycles. The number of hydrogen-bond acceptors (Lipinski definition) is 3. The largest absolute Gasteiger partial charge is 0.393 e. The van der Waals surface area contributed by atoms with Gasteiger partial charge in [-0.05, 0) is 127 Å². The summed E-state index contributed by atoms with van der Waals surface area (Å²) in [5.74, 6) is 8.12. The lowest BCUT2D eigenvalue weighted by Gasteiger charge is -2.66. The van der Waals surface area contributed by atoms with Crippen molar-refractivity contribution in [3.8, 4) is 0 Å². The highest BCUT2D eigenvalue weighted by atomic mass is 16.3. The third kappa shape index (κ3) is 4.89. The van der Waals surface area contributed by atoms with E-state index in [4.69, 9.17) is 0 Å². The Morgan fingerprint density at radius 3 is 2.05 bits per heavy atom. The van der Waals surface area contributed by atoms with Crippen LogP contribution >= 0.6 is 0 Å². The molecule has 17 atom stereocenters. The minimum absolute atomic E-state index is 0.0674. The molecule has 0 aromatic heterocycles. The molecular formula is C36H64O3. The van der Waals surface area contributed by atoms with Crippen molar-refractivity contribution in [2.24, 2.45) is 94.2 Å². The molecule has 0 amide bonds. The van der Waals surface area contributed by atoms with E-state index in [1.807, 2.05) is 6.92 Å². The lowest BCUT2D eigenvalue weighted by Crippen LogP contribution is -2.65. The van der Waals surface area contributed by atoms with Crippen LogP contribution in [0.5, 0.6) is 0 Å². The Morgan fingerprint density at radius 2 is 1.44 bits per heavy atom. The van der Waals surface area contributed by atoms with Crippen LogP contribution in [0.3, 0.4) is 0 Å². The second kappa shape index (κ2) is 11.2. The fraction of sp³-hybridized carbons (Fsp3) is 1.00. The zero-order valence-corrected chi connectivity index (χ0v) is 26.9. The Morgan fingerprint density at radius 1 is 0.744 bits per heavy atom. The van der Waals surface area contributed by atoms with Gasteiger partial charge in [-0.2, -0.15) is 0 Å². The molecule has 3 heteroatoms. The standard InChI is InChI=1S/C36H64O3/c1-18(2)24-11-10-12-25(14-24)29-17-28(19(3)4)30-16-26-15-27-13-20(5)31(23(8)37)35(39)36(27,9)22(7)33(26)34(38)32(30)21(29)6/h18-35,37-39H,10-17H2,1-9H3. The molecule has 3 N–H and O–H groups in total. The molecule has 39 heavy (non-hydrogen) atoms. The van der Waals surface area contributed by atoms with Gasteiger partial charge in [0.05, 0.1) is 18.3 Å². The average Bonchev–Trinajstić information content (AvgIpc) is 2.86. The third-order valence-corrected chi connectivity index (χ3v) is 14.8. The fourth-order valence-corrected chi connectivity index (χ4v) is 12.5. The molecule has 0 radical (unpaired) electrons. The molecule has 5 fully saturated rings. The van der Waals surface area contributed by atoms with Gasteiger partial charge in [0.15, 0.2) is 0 Å². The SMILES string of the molecule is CC(C)C1CCCC(C2CC(C(C)C)C3CC4CC5CC(C)C(C(C)O)C(O)C5(C)C(C)C4C(O)C3C2C)C1. The van der Waals surface area contributed by atoms with Gasteiger partial charge in [0.1, 0.15) is 0 Å². The van der Waals surface area contributed by atoms with E-state index in [1.165, 1.54) is 38.5 Å². The Bertz CT molecular complexity index is 837. The normalized spacial score (nSPS) is 55.1. The van der Waals surface area contributed by atoms with Crippen molar-refractivity contribution in [3.63, 3.8) is 0 Å². The predicted molar refractivity (Wildman–Crippen MR) is 161 cm³/mol. The summed E-state index contributed by atoms with van der Waals surface area (Å²) in [7, 11) is 0. The molecule has 0 aromatic carbocycles. The van der Waals surface area contributed by atoms with Crippen LogP contribution in [0.15, 0.2) is 0 Å². The molecular weight excluding hydrogens is 480 g/mol. The van der Waals surface area contributed by atoms with Gasteiger partial charge < -0.3 is 15.3 Å². The molecule has 3 nitrogen and oxygen atoms in total. The van der Waals surface area contributed by atoms with E-state index in [0.29, 0.717) is 41.4 Å². The van der Waals surface area contributed by atoms with Gasteiger partial charge in [-0.1, -0.05) is 74.7 Å². The highest BCUT2D eigenvalue weighted by molar-refractivity contribution is 5.12. The van der Waals surface area contributed by atoms with Gasteiger partial charge >= 0.3 is 0 Å². The summed E-state index contributed by atoms with van der Waals surface area (Å²) in [4.78, 5) is 0. The van der Waals surface area contributed by atoms with Crippen molar-refractivity contribution in [1.29, 1.82) is 0 Å². The van der Waals surface area contributed by atoms with E-state index in [9.17, 15) is 15.3 Å². The first-order valence-electron chi connectivity index (χ1n) is 17.3. The lowest BCUT2D eigenvalue weighted by molar-refractivity contribution is -0.231. The minimum atomic E-state index is -0.498. The highest BCUT2D eigenvalue weighted by Crippen LogP contribution is 2.66. The van der Waals surface area contributed by atoms with Gasteiger partial charge in [-0.25, -0.2) is 0 Å². The van der Waals surface area contributed by atoms with Crippen molar-refractivity contribution >= 4 is 0 Å². The van der Waals surface area contributed by atoms with Crippen LogP contribution in [0.2, 0.25) is 0 Å². The van der Waals surface area contributed by atoms with Crippen LogP contribution in [-0.4, -0.2) is 33.6 Å². The summed E-state index contributed by atoms with van der Waals surface area (Å²) in [5.41, 5.74) is -0.230. The maximum atomic E-state index is 12.5. The molecule has 0 aliphatic heterocycles. The zero-order chi connectivity index (χ0) is 28.5. The number of aliphatic hydroxyl groups excluding tert-OH is 3. The van der Waals surface area contributed by atoms with Gasteiger partial charge in [0, 0.05) is 5.92 Å². The first kappa shape index (κ1) is 30.3. The topological polar surface area (TPSA) is 60.7 Å². The van der Waals surface area contributed by atoms with E-state index in [1.54, 1.807) is 0 Å². The monoisotopic (exact) mass is 544 g/mol. The average molecular weight is 545 g/mol. The molecule has 5 saturated carbocycles. The summed E-state index contributed by atoms with van der Waals surface area (Å²) in [5, 5.41) is 35.0. The number of hydrogen-bond donors (Lipinski definition) is 3. The smallest absolute Gasteiger partial charge is 0.0654 e. The molecule has 0 spiro atoms. The van der Waals surface area contributed by atoms with E-state index in [0.717, 1.165) is 42.4 Å². The van der Waals surface area contributed by atoms with Crippen molar-refractivity contribution in [3.05, 3.63) is 0 Å². The van der Waals surface area contributed by atoms with Gasteiger partial charge in [-0.3, -0.25) is 0 Å². The van der Waals surface area contributed by atoms with Crippen LogP contribution in [0, 0.1) is 94.2 Å². The molecule has 17 unspecified atom stereocenters. The third-order valence-electron chi connectivity index (χ3n) is 14.8. The van der Waals surface area contributed by atoms with Crippen molar-refractivity contribution in [2.45, 2.75) is 132 Å². The number of fused-ring (bicyclic) bond motifs is 3. The molecule has 5 aliphatic rings. The summed E-state index contributed by atoms with van der Waals surface area (Å²) >= 11 is 0. The first-order chi connectivity index (χ1) is 18.3. The number of aliphatic hydroxyl groups is 3. The second-order valence-corrected chi connectivity index (χ2v) is 17.0. The van der Waals surface area contributed by atoms with Crippen LogP contribution in [0.25, 0.3) is 0 Å².